The molecule has 25 heavy (non-hydrogen) atoms. The third-order valence-corrected chi connectivity index (χ3v) is 3.94. The molecule has 0 unspecified atom stereocenters. The van der Waals surface area contributed by atoms with E-state index < -0.39 is 0 Å². The Morgan fingerprint density at radius 1 is 0.880 bits per heavy atom. The zero-order valence-corrected chi connectivity index (χ0v) is 13.9. The predicted molar refractivity (Wildman–Crippen MR) is 99.3 cm³/mol. The summed E-state index contributed by atoms with van der Waals surface area (Å²) in [6, 6.07) is 21.4. The molecule has 0 spiro atoms. The highest BCUT2D eigenvalue weighted by Gasteiger charge is 2.08. The molecule has 3 aromatic rings. The van der Waals surface area contributed by atoms with Crippen LogP contribution >= 0.6 is 0 Å². The Morgan fingerprint density at radius 3 is 2.20 bits per heavy atom. The molecule has 1 amide bonds. The van der Waals surface area contributed by atoms with E-state index in [1.165, 1.54) is 12.1 Å². The molecule has 4 heteroatoms. The lowest BCUT2D eigenvalue weighted by atomic mass is 10.1. The van der Waals surface area contributed by atoms with Gasteiger partial charge in [-0.05, 0) is 60.5 Å². The number of anilines is 2. The zero-order valence-electron chi connectivity index (χ0n) is 13.9. The molecule has 0 aliphatic carbocycles. The number of aryl methyl sites for hydroxylation is 1. The minimum absolute atomic E-state index is 0.120. The first-order valence-corrected chi connectivity index (χ1v) is 8.07. The van der Waals surface area contributed by atoms with Crippen molar-refractivity contribution in [2.45, 2.75) is 13.5 Å². The minimum atomic E-state index is -0.238. The van der Waals surface area contributed by atoms with Crippen molar-refractivity contribution in [3.8, 4) is 0 Å². The monoisotopic (exact) mass is 334 g/mol. The number of hydrogen-bond donors (Lipinski definition) is 2. The number of halogens is 1. The van der Waals surface area contributed by atoms with E-state index in [4.69, 9.17) is 0 Å². The van der Waals surface area contributed by atoms with Gasteiger partial charge in [-0.1, -0.05) is 30.3 Å². The van der Waals surface area contributed by atoms with Crippen molar-refractivity contribution in [1.82, 2.24) is 0 Å². The number of nitrogens with one attached hydrogen (secondary N) is 2. The Balaban J connectivity index is 1.59. The Bertz CT molecular complexity index is 858. The second kappa shape index (κ2) is 7.62. The van der Waals surface area contributed by atoms with Crippen LogP contribution in [0.2, 0.25) is 0 Å². The molecule has 3 nitrogen and oxygen atoms in total. The fourth-order valence-corrected chi connectivity index (χ4v) is 2.50. The van der Waals surface area contributed by atoms with E-state index in [0.717, 1.165) is 22.5 Å². The Morgan fingerprint density at radius 2 is 1.52 bits per heavy atom. The van der Waals surface area contributed by atoms with E-state index >= 15 is 0 Å². The summed E-state index contributed by atoms with van der Waals surface area (Å²) in [4.78, 5) is 12.3. The average Bonchev–Trinajstić information content (AvgIpc) is 2.63. The first-order valence-electron chi connectivity index (χ1n) is 8.07. The van der Waals surface area contributed by atoms with Crippen LogP contribution in [-0.2, 0) is 6.54 Å². The molecule has 0 aromatic heterocycles. The van der Waals surface area contributed by atoms with Crippen LogP contribution in [-0.4, -0.2) is 5.91 Å². The van der Waals surface area contributed by atoms with Crippen LogP contribution in [0.5, 0.6) is 0 Å². The summed E-state index contributed by atoms with van der Waals surface area (Å²) < 4.78 is 12.9. The first-order chi connectivity index (χ1) is 12.1. The van der Waals surface area contributed by atoms with Crippen LogP contribution in [0.15, 0.2) is 72.8 Å². The van der Waals surface area contributed by atoms with Crippen molar-refractivity contribution in [2.24, 2.45) is 0 Å². The third kappa shape index (κ3) is 4.44. The van der Waals surface area contributed by atoms with E-state index in [-0.39, 0.29) is 11.7 Å². The van der Waals surface area contributed by atoms with Gasteiger partial charge >= 0.3 is 0 Å². The van der Waals surface area contributed by atoms with Crippen molar-refractivity contribution in [1.29, 1.82) is 0 Å². The fourth-order valence-electron chi connectivity index (χ4n) is 2.50. The molecule has 0 aliphatic rings. The van der Waals surface area contributed by atoms with Crippen molar-refractivity contribution >= 4 is 17.3 Å². The highest BCUT2D eigenvalue weighted by Crippen LogP contribution is 2.16. The number of rotatable bonds is 5. The highest BCUT2D eigenvalue weighted by atomic mass is 19.1. The number of benzene rings is 3. The van der Waals surface area contributed by atoms with Gasteiger partial charge in [0.1, 0.15) is 5.82 Å². The predicted octanol–water partition coefficient (Wildman–Crippen LogP) is 5.00. The maximum Gasteiger partial charge on any atom is 0.255 e. The standard InChI is InChI=1S/C21H19FN2O/c1-15-4-2-3-5-20(15)21(25)24-19-12-10-18(11-13-19)23-14-16-6-8-17(22)9-7-16/h2-13,23H,14H2,1H3,(H,24,25). The molecule has 126 valence electrons. The summed E-state index contributed by atoms with van der Waals surface area (Å²) in [5.74, 6) is -0.359. The SMILES string of the molecule is Cc1ccccc1C(=O)Nc1ccc(NCc2ccc(F)cc2)cc1. The maximum atomic E-state index is 12.9. The van der Waals surface area contributed by atoms with Gasteiger partial charge in [-0.2, -0.15) is 0 Å². The average molecular weight is 334 g/mol. The van der Waals surface area contributed by atoms with Crippen LogP contribution in [0.4, 0.5) is 15.8 Å². The summed E-state index contributed by atoms with van der Waals surface area (Å²) in [5, 5.41) is 6.16. The molecule has 0 fully saturated rings. The molecular weight excluding hydrogens is 315 g/mol. The van der Waals surface area contributed by atoms with Crippen molar-refractivity contribution in [3.63, 3.8) is 0 Å². The lowest BCUT2D eigenvalue weighted by Crippen LogP contribution is -2.13. The fraction of sp³-hybridized carbons (Fsp3) is 0.0952. The second-order valence-corrected chi connectivity index (χ2v) is 5.83. The summed E-state index contributed by atoms with van der Waals surface area (Å²) in [5.41, 5.74) is 4.27. The molecule has 3 rings (SSSR count). The van der Waals surface area contributed by atoms with E-state index in [9.17, 15) is 9.18 Å². The van der Waals surface area contributed by atoms with Crippen LogP contribution in [0.1, 0.15) is 21.5 Å². The molecule has 0 bridgehead atoms. The lowest BCUT2D eigenvalue weighted by Gasteiger charge is -2.10. The Hall–Kier alpha value is -3.14. The van der Waals surface area contributed by atoms with Crippen molar-refractivity contribution < 1.29 is 9.18 Å². The number of hydrogen-bond acceptors (Lipinski definition) is 2. The van der Waals surface area contributed by atoms with Gasteiger partial charge in [-0.25, -0.2) is 4.39 Å². The molecule has 0 heterocycles. The molecule has 0 aliphatic heterocycles. The second-order valence-electron chi connectivity index (χ2n) is 5.83. The molecule has 0 atom stereocenters. The van der Waals surface area contributed by atoms with Crippen LogP contribution < -0.4 is 10.6 Å². The van der Waals surface area contributed by atoms with Gasteiger partial charge in [0.05, 0.1) is 0 Å². The zero-order chi connectivity index (χ0) is 17.6. The summed E-state index contributed by atoms with van der Waals surface area (Å²) >= 11 is 0. The van der Waals surface area contributed by atoms with Crippen LogP contribution in [0.25, 0.3) is 0 Å². The quantitative estimate of drug-likeness (QED) is 0.689. The van der Waals surface area contributed by atoms with Crippen molar-refractivity contribution in [3.05, 3.63) is 95.3 Å². The molecule has 0 saturated heterocycles. The van der Waals surface area contributed by atoms with E-state index in [2.05, 4.69) is 10.6 Å². The molecule has 3 aromatic carbocycles. The Labute approximate surface area is 146 Å². The van der Waals surface area contributed by atoms with Crippen molar-refractivity contribution in [2.75, 3.05) is 10.6 Å². The Kier molecular flexibility index (Phi) is 5.09. The van der Waals surface area contributed by atoms with E-state index in [0.29, 0.717) is 12.1 Å². The highest BCUT2D eigenvalue weighted by molar-refractivity contribution is 6.05. The van der Waals surface area contributed by atoms with Gasteiger partial charge in [0, 0.05) is 23.5 Å². The molecule has 0 radical (unpaired) electrons. The summed E-state index contributed by atoms with van der Waals surface area (Å²) in [6.45, 7) is 2.52. The topological polar surface area (TPSA) is 41.1 Å². The van der Waals surface area contributed by atoms with Gasteiger partial charge in [-0.3, -0.25) is 4.79 Å². The van der Waals surface area contributed by atoms with Crippen LogP contribution in [0, 0.1) is 12.7 Å². The normalized spacial score (nSPS) is 10.3. The third-order valence-electron chi connectivity index (χ3n) is 3.94. The number of carbonyl (C=O) groups is 1. The number of carbonyl (C=O) groups excluding carboxylic acids is 1. The summed E-state index contributed by atoms with van der Waals surface area (Å²) in [6.07, 6.45) is 0. The van der Waals surface area contributed by atoms with Gasteiger partial charge in [0.25, 0.3) is 5.91 Å². The molecular formula is C21H19FN2O. The largest absolute Gasteiger partial charge is 0.381 e. The minimum Gasteiger partial charge on any atom is -0.381 e. The van der Waals surface area contributed by atoms with Gasteiger partial charge in [0.2, 0.25) is 0 Å². The molecule has 2 N–H and O–H groups in total. The first kappa shape index (κ1) is 16.7. The van der Waals surface area contributed by atoms with Gasteiger partial charge < -0.3 is 10.6 Å². The smallest absolute Gasteiger partial charge is 0.255 e. The number of amides is 1. The molecule has 0 saturated carbocycles. The summed E-state index contributed by atoms with van der Waals surface area (Å²) in [7, 11) is 0. The van der Waals surface area contributed by atoms with Gasteiger partial charge in [-0.15, -0.1) is 0 Å². The van der Waals surface area contributed by atoms with Crippen LogP contribution in [0.3, 0.4) is 0 Å². The maximum absolute atomic E-state index is 12.9. The van der Waals surface area contributed by atoms with Gasteiger partial charge in [0.15, 0.2) is 0 Å². The lowest BCUT2D eigenvalue weighted by molar-refractivity contribution is 0.102. The van der Waals surface area contributed by atoms with E-state index in [1.54, 1.807) is 12.1 Å². The van der Waals surface area contributed by atoms with E-state index in [1.807, 2.05) is 55.5 Å².